The minimum Gasteiger partial charge on any atom is -0.489 e. The zero-order valence-corrected chi connectivity index (χ0v) is 16.1. The summed E-state index contributed by atoms with van der Waals surface area (Å²) < 4.78 is 10.5. The Bertz CT molecular complexity index is 959. The van der Waals surface area contributed by atoms with Gasteiger partial charge in [0.1, 0.15) is 17.4 Å². The predicted molar refractivity (Wildman–Crippen MR) is 104 cm³/mol. The number of benzene rings is 2. The van der Waals surface area contributed by atoms with E-state index in [1.54, 1.807) is 19.1 Å². The number of carbonyl (C=O) groups is 2. The molecule has 0 aliphatic heterocycles. The van der Waals surface area contributed by atoms with Gasteiger partial charge in [0.15, 0.2) is 5.78 Å². The number of ether oxygens (including phenoxy) is 2. The van der Waals surface area contributed by atoms with Crippen molar-refractivity contribution in [2.75, 3.05) is 7.11 Å². The molecular formula is C21H19NO4S. The van der Waals surface area contributed by atoms with Gasteiger partial charge in [-0.15, -0.1) is 11.3 Å². The lowest BCUT2D eigenvalue weighted by molar-refractivity contribution is 0.0600. The number of esters is 1. The van der Waals surface area contributed by atoms with Gasteiger partial charge in [-0.05, 0) is 48.9 Å². The number of methoxy groups -OCH3 is 1. The number of thiazole rings is 1. The van der Waals surface area contributed by atoms with Crippen molar-refractivity contribution in [1.29, 1.82) is 0 Å². The minimum atomic E-state index is -0.358. The lowest BCUT2D eigenvalue weighted by Gasteiger charge is -2.07. The monoisotopic (exact) mass is 381 g/mol. The van der Waals surface area contributed by atoms with Crippen molar-refractivity contribution in [3.63, 3.8) is 0 Å². The Hall–Kier alpha value is -2.99. The number of nitrogens with zero attached hydrogens (tertiary/aromatic N) is 1. The smallest absolute Gasteiger partial charge is 0.337 e. The van der Waals surface area contributed by atoms with Crippen LogP contribution in [-0.4, -0.2) is 23.8 Å². The molecule has 0 atom stereocenters. The maximum Gasteiger partial charge on any atom is 0.337 e. The maximum absolute atomic E-state index is 11.6. The molecule has 6 heteroatoms. The quantitative estimate of drug-likeness (QED) is 0.458. The first-order chi connectivity index (χ1) is 13.0. The van der Waals surface area contributed by atoms with E-state index < -0.39 is 0 Å². The normalized spacial score (nSPS) is 10.5. The summed E-state index contributed by atoms with van der Waals surface area (Å²) in [6.07, 6.45) is 0. The Kier molecular flexibility index (Phi) is 5.66. The molecule has 1 heterocycles. The summed E-state index contributed by atoms with van der Waals surface area (Å²) in [4.78, 5) is 28.2. The van der Waals surface area contributed by atoms with Crippen LogP contribution in [0, 0.1) is 6.92 Å². The SMILES string of the molecule is COC(=O)c1ccc(COc2ccc(-c3nc(C)c(C(C)=O)s3)cc2)cc1. The summed E-state index contributed by atoms with van der Waals surface area (Å²) in [5, 5.41) is 0.822. The Labute approximate surface area is 161 Å². The number of aryl methyl sites for hydroxylation is 1. The highest BCUT2D eigenvalue weighted by atomic mass is 32.1. The first-order valence-electron chi connectivity index (χ1n) is 8.37. The van der Waals surface area contributed by atoms with Crippen LogP contribution >= 0.6 is 11.3 Å². The molecule has 0 aliphatic rings. The summed E-state index contributed by atoms with van der Waals surface area (Å²) in [5.41, 5.74) is 3.17. The molecule has 3 aromatic rings. The zero-order valence-electron chi connectivity index (χ0n) is 15.3. The number of aromatic nitrogens is 1. The Morgan fingerprint density at radius 1 is 1.04 bits per heavy atom. The van der Waals surface area contributed by atoms with Gasteiger partial charge in [-0.3, -0.25) is 4.79 Å². The number of hydrogen-bond donors (Lipinski definition) is 0. The molecule has 27 heavy (non-hydrogen) atoms. The van der Waals surface area contributed by atoms with Gasteiger partial charge in [0, 0.05) is 12.5 Å². The van der Waals surface area contributed by atoms with Crippen molar-refractivity contribution < 1.29 is 19.1 Å². The summed E-state index contributed by atoms with van der Waals surface area (Å²) in [7, 11) is 1.36. The van der Waals surface area contributed by atoms with Gasteiger partial charge in [0.2, 0.25) is 0 Å². The maximum atomic E-state index is 11.6. The van der Waals surface area contributed by atoms with Crippen molar-refractivity contribution in [3.8, 4) is 16.3 Å². The third-order valence-corrected chi connectivity index (χ3v) is 5.31. The van der Waals surface area contributed by atoms with E-state index in [2.05, 4.69) is 9.72 Å². The number of ketones is 1. The third kappa shape index (κ3) is 4.41. The molecule has 0 radical (unpaired) electrons. The second-order valence-electron chi connectivity index (χ2n) is 5.99. The highest BCUT2D eigenvalue weighted by Gasteiger charge is 2.12. The fourth-order valence-corrected chi connectivity index (χ4v) is 3.53. The molecule has 0 spiro atoms. The predicted octanol–water partition coefficient (Wildman–Crippen LogP) is 4.69. The molecular weight excluding hydrogens is 362 g/mol. The van der Waals surface area contributed by atoms with Crippen LogP contribution in [0.15, 0.2) is 48.5 Å². The van der Waals surface area contributed by atoms with Gasteiger partial charge in [0.05, 0.1) is 23.2 Å². The van der Waals surface area contributed by atoms with E-state index in [-0.39, 0.29) is 11.8 Å². The zero-order chi connectivity index (χ0) is 19.4. The van der Waals surface area contributed by atoms with Crippen LogP contribution in [0.2, 0.25) is 0 Å². The van der Waals surface area contributed by atoms with E-state index in [0.29, 0.717) is 17.0 Å². The highest BCUT2D eigenvalue weighted by molar-refractivity contribution is 7.17. The third-order valence-electron chi connectivity index (χ3n) is 4.00. The van der Waals surface area contributed by atoms with E-state index in [4.69, 9.17) is 4.74 Å². The van der Waals surface area contributed by atoms with Crippen LogP contribution in [0.4, 0.5) is 0 Å². The van der Waals surface area contributed by atoms with Gasteiger partial charge < -0.3 is 9.47 Å². The molecule has 1 aromatic heterocycles. The van der Waals surface area contributed by atoms with E-state index in [1.807, 2.05) is 43.3 Å². The van der Waals surface area contributed by atoms with Crippen molar-refractivity contribution >= 4 is 23.1 Å². The molecule has 3 rings (SSSR count). The van der Waals surface area contributed by atoms with Gasteiger partial charge in [-0.1, -0.05) is 12.1 Å². The lowest BCUT2D eigenvalue weighted by Crippen LogP contribution is -2.01. The van der Waals surface area contributed by atoms with Crippen molar-refractivity contribution in [2.24, 2.45) is 0 Å². The van der Waals surface area contributed by atoms with Crippen LogP contribution in [0.1, 0.15) is 38.2 Å². The molecule has 0 saturated heterocycles. The van der Waals surface area contributed by atoms with E-state index >= 15 is 0 Å². The summed E-state index contributed by atoms with van der Waals surface area (Å²) in [6.45, 7) is 3.80. The van der Waals surface area contributed by atoms with Gasteiger partial charge in [-0.25, -0.2) is 9.78 Å². The first-order valence-corrected chi connectivity index (χ1v) is 9.18. The Balaban J connectivity index is 1.65. The Morgan fingerprint density at radius 3 is 2.26 bits per heavy atom. The lowest BCUT2D eigenvalue weighted by atomic mass is 10.1. The van der Waals surface area contributed by atoms with Gasteiger partial charge in [-0.2, -0.15) is 0 Å². The highest BCUT2D eigenvalue weighted by Crippen LogP contribution is 2.29. The van der Waals surface area contributed by atoms with Crippen LogP contribution in [0.25, 0.3) is 10.6 Å². The van der Waals surface area contributed by atoms with Crippen LogP contribution in [0.5, 0.6) is 5.75 Å². The molecule has 0 amide bonds. The minimum absolute atomic E-state index is 0.0365. The first kappa shape index (κ1) is 18.8. The van der Waals surface area contributed by atoms with E-state index in [0.717, 1.165) is 27.6 Å². The molecule has 0 bridgehead atoms. The fourth-order valence-electron chi connectivity index (χ4n) is 2.56. The van der Waals surface area contributed by atoms with E-state index in [9.17, 15) is 9.59 Å². The number of carbonyl (C=O) groups excluding carboxylic acids is 2. The molecule has 5 nitrogen and oxygen atoms in total. The van der Waals surface area contributed by atoms with Crippen molar-refractivity contribution in [3.05, 3.63) is 70.2 Å². The molecule has 0 saturated carbocycles. The molecule has 138 valence electrons. The number of rotatable bonds is 6. The molecule has 0 aliphatic carbocycles. The summed E-state index contributed by atoms with van der Waals surface area (Å²) in [6, 6.07) is 14.7. The van der Waals surface area contributed by atoms with Gasteiger partial charge >= 0.3 is 5.97 Å². The standard InChI is InChI=1S/C21H19NO4S/c1-13-19(14(2)23)27-20(22-13)16-8-10-18(11-9-16)26-12-15-4-6-17(7-5-15)21(24)25-3/h4-11H,12H2,1-3H3. The number of hydrogen-bond acceptors (Lipinski definition) is 6. The van der Waals surface area contributed by atoms with Gasteiger partial charge in [0.25, 0.3) is 0 Å². The average molecular weight is 381 g/mol. The molecule has 0 N–H and O–H groups in total. The van der Waals surface area contributed by atoms with Crippen molar-refractivity contribution in [1.82, 2.24) is 4.98 Å². The second-order valence-corrected chi connectivity index (χ2v) is 6.99. The fraction of sp³-hybridized carbons (Fsp3) is 0.190. The summed E-state index contributed by atoms with van der Waals surface area (Å²) >= 11 is 1.40. The number of Topliss-reactive ketones (excluding diaryl/α,β-unsaturated/α-hetero) is 1. The topological polar surface area (TPSA) is 65.5 Å². The average Bonchev–Trinajstić information content (AvgIpc) is 3.08. The molecule has 2 aromatic carbocycles. The largest absolute Gasteiger partial charge is 0.489 e. The van der Waals surface area contributed by atoms with E-state index in [1.165, 1.54) is 18.4 Å². The van der Waals surface area contributed by atoms with Crippen LogP contribution < -0.4 is 4.74 Å². The van der Waals surface area contributed by atoms with Crippen LogP contribution in [-0.2, 0) is 11.3 Å². The van der Waals surface area contributed by atoms with Crippen molar-refractivity contribution in [2.45, 2.75) is 20.5 Å². The molecule has 0 fully saturated rings. The summed E-state index contributed by atoms with van der Waals surface area (Å²) in [5.74, 6) is 0.411. The molecule has 0 unspecified atom stereocenters. The second kappa shape index (κ2) is 8.14. The van der Waals surface area contributed by atoms with Crippen LogP contribution in [0.3, 0.4) is 0 Å². The Morgan fingerprint density at radius 2 is 1.70 bits per heavy atom.